The summed E-state index contributed by atoms with van der Waals surface area (Å²) in [5.41, 5.74) is 3.00. The zero-order valence-corrected chi connectivity index (χ0v) is 23.4. The number of ether oxygens (including phenoxy) is 2. The molecule has 0 radical (unpaired) electrons. The van der Waals surface area contributed by atoms with Crippen molar-refractivity contribution in [2.45, 2.75) is 38.6 Å². The van der Waals surface area contributed by atoms with Crippen LogP contribution in [0.4, 0.5) is 26.3 Å². The molecule has 10 heteroatoms. The minimum atomic E-state index is -4.61. The Kier molecular flexibility index (Phi) is 9.31. The quantitative estimate of drug-likeness (QED) is 0.186. The van der Waals surface area contributed by atoms with Crippen molar-refractivity contribution in [1.82, 2.24) is 5.32 Å². The number of alkyl halides is 6. The summed E-state index contributed by atoms with van der Waals surface area (Å²) in [6.07, 6.45) is -6.61. The van der Waals surface area contributed by atoms with E-state index in [0.29, 0.717) is 47.3 Å². The molecule has 0 atom stereocenters. The standard InChI is InChI=1S/C34H29F6NO3/c35-33(36,37)29-5-1-3-7-31(29)43-20-25-18-28(24-13-15-41-16-14-24)26(17-27(25)23-11-9-22(19-42)10-12-23)21-44-32-8-4-2-6-30(32)34(38,39)40/h1-13,17-18,41-42H,14-16,19-21H2. The summed E-state index contributed by atoms with van der Waals surface area (Å²) in [6, 6.07) is 20.5. The normalized spacial score (nSPS) is 13.8. The first-order valence-corrected chi connectivity index (χ1v) is 13.9. The molecular formula is C34H29F6NO3. The van der Waals surface area contributed by atoms with Crippen LogP contribution in [-0.4, -0.2) is 18.2 Å². The molecule has 0 fully saturated rings. The number of nitrogens with one attached hydrogen (secondary N) is 1. The van der Waals surface area contributed by atoms with Gasteiger partial charge >= 0.3 is 12.4 Å². The summed E-state index contributed by atoms with van der Waals surface area (Å²) in [5, 5.41) is 12.7. The molecule has 0 spiro atoms. The molecule has 44 heavy (non-hydrogen) atoms. The molecule has 1 heterocycles. The van der Waals surface area contributed by atoms with E-state index in [1.54, 1.807) is 30.3 Å². The fraction of sp³-hybridized carbons (Fsp3) is 0.235. The van der Waals surface area contributed by atoms with Gasteiger partial charge in [0.25, 0.3) is 0 Å². The third-order valence-corrected chi connectivity index (χ3v) is 7.34. The van der Waals surface area contributed by atoms with Crippen LogP contribution in [0.2, 0.25) is 0 Å². The summed E-state index contributed by atoms with van der Waals surface area (Å²) in [4.78, 5) is 0. The van der Waals surface area contributed by atoms with Gasteiger partial charge in [-0.1, -0.05) is 54.6 Å². The maximum atomic E-state index is 13.7. The monoisotopic (exact) mass is 613 g/mol. The third kappa shape index (κ3) is 7.26. The van der Waals surface area contributed by atoms with E-state index in [1.807, 2.05) is 12.1 Å². The van der Waals surface area contributed by atoms with Crippen molar-refractivity contribution in [2.75, 3.05) is 13.1 Å². The number of hydrogen-bond acceptors (Lipinski definition) is 4. The van der Waals surface area contributed by atoms with Gasteiger partial charge in [-0.3, -0.25) is 0 Å². The number of benzene rings is 4. The van der Waals surface area contributed by atoms with Crippen LogP contribution in [0.1, 0.15) is 39.8 Å². The summed E-state index contributed by atoms with van der Waals surface area (Å²) in [7, 11) is 0. The Balaban J connectivity index is 1.59. The van der Waals surface area contributed by atoms with E-state index in [9.17, 15) is 31.4 Å². The Labute approximate surface area is 250 Å². The van der Waals surface area contributed by atoms with Crippen LogP contribution < -0.4 is 14.8 Å². The molecule has 2 N–H and O–H groups in total. The van der Waals surface area contributed by atoms with E-state index in [-0.39, 0.29) is 31.3 Å². The molecule has 230 valence electrons. The zero-order chi connectivity index (χ0) is 31.3. The van der Waals surface area contributed by atoms with Crippen molar-refractivity contribution in [3.63, 3.8) is 0 Å². The molecule has 0 saturated heterocycles. The highest BCUT2D eigenvalue weighted by atomic mass is 19.4. The van der Waals surface area contributed by atoms with Crippen LogP contribution in [0.5, 0.6) is 11.5 Å². The van der Waals surface area contributed by atoms with Gasteiger partial charge in [-0.15, -0.1) is 0 Å². The van der Waals surface area contributed by atoms with Crippen LogP contribution in [-0.2, 0) is 32.2 Å². The lowest BCUT2D eigenvalue weighted by Crippen LogP contribution is -2.20. The second-order valence-corrected chi connectivity index (χ2v) is 10.3. The van der Waals surface area contributed by atoms with Gasteiger partial charge in [0, 0.05) is 6.54 Å². The van der Waals surface area contributed by atoms with Crippen molar-refractivity contribution in [1.29, 1.82) is 0 Å². The number of aliphatic hydroxyl groups excluding tert-OH is 1. The number of hydrogen-bond donors (Lipinski definition) is 2. The molecule has 4 nitrogen and oxygen atoms in total. The fourth-order valence-electron chi connectivity index (χ4n) is 5.12. The maximum Gasteiger partial charge on any atom is 0.419 e. The van der Waals surface area contributed by atoms with E-state index < -0.39 is 23.5 Å². The average molecular weight is 614 g/mol. The molecule has 0 unspecified atom stereocenters. The first-order valence-electron chi connectivity index (χ1n) is 13.9. The number of rotatable bonds is 9. The SMILES string of the molecule is OCc1ccc(-c2cc(COc3ccccc3C(F)(F)F)c(C3=CCNCC3)cc2COc2ccccc2C(F)(F)F)cc1. The van der Waals surface area contributed by atoms with Gasteiger partial charge < -0.3 is 19.9 Å². The van der Waals surface area contributed by atoms with E-state index >= 15 is 0 Å². The van der Waals surface area contributed by atoms with E-state index in [0.717, 1.165) is 23.3 Å². The summed E-state index contributed by atoms with van der Waals surface area (Å²) in [5.74, 6) is -0.629. The van der Waals surface area contributed by atoms with Crippen molar-refractivity contribution < 1.29 is 40.9 Å². The highest BCUT2D eigenvalue weighted by Gasteiger charge is 2.35. The largest absolute Gasteiger partial charge is 0.488 e. The summed E-state index contributed by atoms with van der Waals surface area (Å²) in [6.45, 7) is 0.691. The van der Waals surface area contributed by atoms with Crippen LogP contribution >= 0.6 is 0 Å². The Morgan fingerprint density at radius 1 is 0.682 bits per heavy atom. The van der Waals surface area contributed by atoms with E-state index in [4.69, 9.17) is 9.47 Å². The third-order valence-electron chi connectivity index (χ3n) is 7.34. The molecule has 4 aromatic rings. The zero-order valence-electron chi connectivity index (χ0n) is 23.4. The van der Waals surface area contributed by atoms with Gasteiger partial charge in [0.2, 0.25) is 0 Å². The van der Waals surface area contributed by atoms with E-state index in [2.05, 4.69) is 5.32 Å². The highest BCUT2D eigenvalue weighted by Crippen LogP contribution is 2.39. The second kappa shape index (κ2) is 13.2. The molecule has 0 bridgehead atoms. The van der Waals surface area contributed by atoms with Crippen LogP contribution in [0.15, 0.2) is 91.0 Å². The van der Waals surface area contributed by atoms with Crippen LogP contribution in [0.25, 0.3) is 16.7 Å². The van der Waals surface area contributed by atoms with Gasteiger partial charge in [-0.05, 0) is 88.3 Å². The van der Waals surface area contributed by atoms with Gasteiger partial charge in [-0.25, -0.2) is 0 Å². The van der Waals surface area contributed by atoms with Gasteiger partial charge in [0.15, 0.2) is 0 Å². The lowest BCUT2D eigenvalue weighted by Gasteiger charge is -2.22. The Hall–Kier alpha value is -4.28. The summed E-state index contributed by atoms with van der Waals surface area (Å²) < 4.78 is 93.6. The predicted molar refractivity (Wildman–Crippen MR) is 155 cm³/mol. The van der Waals surface area contributed by atoms with E-state index in [1.165, 1.54) is 36.4 Å². The van der Waals surface area contributed by atoms with Crippen molar-refractivity contribution in [3.8, 4) is 22.6 Å². The van der Waals surface area contributed by atoms with Crippen LogP contribution in [0.3, 0.4) is 0 Å². The van der Waals surface area contributed by atoms with Gasteiger partial charge in [-0.2, -0.15) is 26.3 Å². The maximum absolute atomic E-state index is 13.7. The number of aliphatic hydroxyl groups is 1. The molecule has 0 aliphatic carbocycles. The average Bonchev–Trinajstić information content (AvgIpc) is 3.02. The summed E-state index contributed by atoms with van der Waals surface area (Å²) >= 11 is 0. The van der Waals surface area contributed by atoms with Crippen molar-refractivity contribution in [2.24, 2.45) is 0 Å². The Morgan fingerprint density at radius 3 is 1.70 bits per heavy atom. The molecule has 5 rings (SSSR count). The highest BCUT2D eigenvalue weighted by molar-refractivity contribution is 5.76. The molecule has 4 aromatic carbocycles. The first-order chi connectivity index (χ1) is 21.0. The lowest BCUT2D eigenvalue weighted by atomic mass is 9.89. The van der Waals surface area contributed by atoms with Gasteiger partial charge in [0.1, 0.15) is 24.7 Å². The number of para-hydroxylation sites is 2. The second-order valence-electron chi connectivity index (χ2n) is 10.3. The molecule has 0 amide bonds. The smallest absolute Gasteiger partial charge is 0.419 e. The van der Waals surface area contributed by atoms with Gasteiger partial charge in [0.05, 0.1) is 17.7 Å². The molecule has 1 aliphatic rings. The topological polar surface area (TPSA) is 50.7 Å². The first kappa shape index (κ1) is 31.2. The molecular weight excluding hydrogens is 584 g/mol. The Morgan fingerprint density at radius 2 is 1.20 bits per heavy atom. The minimum absolute atomic E-state index is 0.177. The van der Waals surface area contributed by atoms with Crippen molar-refractivity contribution >= 4 is 5.57 Å². The van der Waals surface area contributed by atoms with Crippen molar-refractivity contribution in [3.05, 3.63) is 124 Å². The van der Waals surface area contributed by atoms with Crippen LogP contribution in [0, 0.1) is 0 Å². The predicted octanol–water partition coefficient (Wildman–Crippen LogP) is 8.42. The Bertz CT molecular complexity index is 1630. The fourth-order valence-corrected chi connectivity index (χ4v) is 5.12. The minimum Gasteiger partial charge on any atom is -0.488 e. The molecule has 0 aromatic heterocycles. The molecule has 0 saturated carbocycles. The lowest BCUT2D eigenvalue weighted by molar-refractivity contribution is -0.139. The molecule has 1 aliphatic heterocycles. The number of halogens is 6.